The van der Waals surface area contributed by atoms with E-state index >= 15 is 0 Å². The van der Waals surface area contributed by atoms with Gasteiger partial charge < -0.3 is 14.8 Å². The van der Waals surface area contributed by atoms with Crippen LogP contribution in [0.3, 0.4) is 0 Å². The van der Waals surface area contributed by atoms with Crippen LogP contribution < -0.4 is 5.32 Å². The lowest BCUT2D eigenvalue weighted by Crippen LogP contribution is -2.23. The molecule has 2 N–H and O–H groups in total. The molecular formula is C17H16N2O3. The normalized spacial score (nSPS) is 12.3. The lowest BCUT2D eigenvalue weighted by Gasteiger charge is -2.12. The highest BCUT2D eigenvalue weighted by Gasteiger charge is 2.12. The molecule has 112 valence electrons. The van der Waals surface area contributed by atoms with Crippen molar-refractivity contribution in [1.29, 1.82) is 0 Å². The van der Waals surface area contributed by atoms with E-state index in [0.717, 1.165) is 16.6 Å². The molecule has 0 saturated carbocycles. The van der Waals surface area contributed by atoms with Crippen molar-refractivity contribution in [2.24, 2.45) is 0 Å². The number of carbonyl (C=O) groups is 1. The molecule has 0 aliphatic carbocycles. The number of phenolic OH excluding ortho intramolecular Hbond substituents is 1. The van der Waals surface area contributed by atoms with Crippen molar-refractivity contribution in [2.75, 3.05) is 0 Å². The summed E-state index contributed by atoms with van der Waals surface area (Å²) in [6, 6.07) is 12.3. The number of rotatable bonds is 3. The maximum absolute atomic E-state index is 11.1. The third-order valence-corrected chi connectivity index (χ3v) is 3.45. The highest BCUT2D eigenvalue weighted by molar-refractivity contribution is 5.78. The maximum Gasteiger partial charge on any atom is 0.227 e. The van der Waals surface area contributed by atoms with Crippen molar-refractivity contribution in [1.82, 2.24) is 10.3 Å². The predicted molar refractivity (Wildman–Crippen MR) is 83.3 cm³/mol. The minimum atomic E-state index is -0.0934. The fourth-order valence-electron chi connectivity index (χ4n) is 2.33. The SMILES string of the molecule is CC(=O)N[C@H](C)c1ccc2nc(-c3ccc(O)cc3)oc2c1. The van der Waals surface area contributed by atoms with Crippen molar-refractivity contribution in [2.45, 2.75) is 19.9 Å². The summed E-state index contributed by atoms with van der Waals surface area (Å²) < 4.78 is 5.78. The number of nitrogens with one attached hydrogen (secondary N) is 1. The van der Waals surface area contributed by atoms with E-state index in [9.17, 15) is 9.90 Å². The van der Waals surface area contributed by atoms with Gasteiger partial charge in [-0.15, -0.1) is 0 Å². The van der Waals surface area contributed by atoms with Crippen LogP contribution >= 0.6 is 0 Å². The zero-order valence-corrected chi connectivity index (χ0v) is 12.3. The molecule has 0 bridgehead atoms. The second kappa shape index (κ2) is 5.52. The number of aromatic hydroxyl groups is 1. The van der Waals surface area contributed by atoms with E-state index in [1.54, 1.807) is 24.3 Å². The molecule has 5 heteroatoms. The molecule has 22 heavy (non-hydrogen) atoms. The Morgan fingerprint density at radius 3 is 2.64 bits per heavy atom. The number of hydrogen-bond donors (Lipinski definition) is 2. The van der Waals surface area contributed by atoms with Gasteiger partial charge >= 0.3 is 0 Å². The van der Waals surface area contributed by atoms with E-state index in [4.69, 9.17) is 4.42 Å². The van der Waals surface area contributed by atoms with E-state index in [0.29, 0.717) is 11.5 Å². The van der Waals surface area contributed by atoms with Crippen LogP contribution in [0.1, 0.15) is 25.5 Å². The average molecular weight is 296 g/mol. The molecule has 0 spiro atoms. The second-order valence-electron chi connectivity index (χ2n) is 5.22. The van der Waals surface area contributed by atoms with Gasteiger partial charge in [-0.2, -0.15) is 0 Å². The molecule has 1 atom stereocenters. The molecule has 0 aliphatic rings. The summed E-state index contributed by atoms with van der Waals surface area (Å²) in [6.07, 6.45) is 0. The van der Waals surface area contributed by atoms with Crippen LogP contribution in [0.15, 0.2) is 46.9 Å². The summed E-state index contributed by atoms with van der Waals surface area (Å²) in [5.41, 5.74) is 3.17. The highest BCUT2D eigenvalue weighted by atomic mass is 16.3. The molecule has 3 rings (SSSR count). The van der Waals surface area contributed by atoms with E-state index in [1.807, 2.05) is 25.1 Å². The summed E-state index contributed by atoms with van der Waals surface area (Å²) in [7, 11) is 0. The van der Waals surface area contributed by atoms with Crippen molar-refractivity contribution in [3.8, 4) is 17.2 Å². The van der Waals surface area contributed by atoms with E-state index in [-0.39, 0.29) is 17.7 Å². The first kappa shape index (κ1) is 14.1. The quantitative estimate of drug-likeness (QED) is 0.776. The zero-order valence-electron chi connectivity index (χ0n) is 12.3. The van der Waals surface area contributed by atoms with E-state index < -0.39 is 0 Å². The van der Waals surface area contributed by atoms with Gasteiger partial charge in [0.25, 0.3) is 0 Å². The Labute approximate surface area is 127 Å². The van der Waals surface area contributed by atoms with Gasteiger partial charge in [-0.05, 0) is 48.9 Å². The van der Waals surface area contributed by atoms with Crippen LogP contribution in [-0.4, -0.2) is 16.0 Å². The number of benzene rings is 2. The number of hydrogen-bond acceptors (Lipinski definition) is 4. The fraction of sp³-hybridized carbons (Fsp3) is 0.176. The number of nitrogens with zero attached hydrogens (tertiary/aromatic N) is 1. The molecule has 0 aliphatic heterocycles. The van der Waals surface area contributed by atoms with Gasteiger partial charge in [0.05, 0.1) is 6.04 Å². The third-order valence-electron chi connectivity index (χ3n) is 3.45. The van der Waals surface area contributed by atoms with Crippen LogP contribution in [0.4, 0.5) is 0 Å². The van der Waals surface area contributed by atoms with Crippen LogP contribution in [0.5, 0.6) is 5.75 Å². The first-order valence-electron chi connectivity index (χ1n) is 7.00. The molecular weight excluding hydrogens is 280 g/mol. The minimum Gasteiger partial charge on any atom is -0.508 e. The molecule has 0 fully saturated rings. The largest absolute Gasteiger partial charge is 0.508 e. The lowest BCUT2D eigenvalue weighted by molar-refractivity contribution is -0.119. The Hall–Kier alpha value is -2.82. The molecule has 1 heterocycles. The third kappa shape index (κ3) is 2.79. The summed E-state index contributed by atoms with van der Waals surface area (Å²) in [5, 5.41) is 12.2. The Morgan fingerprint density at radius 2 is 1.95 bits per heavy atom. The molecule has 0 radical (unpaired) electrons. The number of phenols is 1. The van der Waals surface area contributed by atoms with Gasteiger partial charge in [0.2, 0.25) is 11.8 Å². The van der Waals surface area contributed by atoms with Crippen molar-refractivity contribution >= 4 is 17.0 Å². The molecule has 1 amide bonds. The standard InChI is InChI=1S/C17H16N2O3/c1-10(18-11(2)20)13-5-8-15-16(9-13)22-17(19-15)12-3-6-14(21)7-4-12/h3-10,21H,1-2H3,(H,18,20)/t10-/m1/s1. The Bertz CT molecular complexity index is 822. The summed E-state index contributed by atoms with van der Waals surface area (Å²) in [6.45, 7) is 3.41. The maximum atomic E-state index is 11.1. The van der Waals surface area contributed by atoms with Crippen molar-refractivity contribution < 1.29 is 14.3 Å². The number of aromatic nitrogens is 1. The van der Waals surface area contributed by atoms with Crippen molar-refractivity contribution in [3.05, 3.63) is 48.0 Å². The van der Waals surface area contributed by atoms with Gasteiger partial charge in [-0.25, -0.2) is 4.98 Å². The van der Waals surface area contributed by atoms with Gasteiger partial charge in [-0.1, -0.05) is 6.07 Å². The van der Waals surface area contributed by atoms with Gasteiger partial charge in [0.1, 0.15) is 11.3 Å². The first-order chi connectivity index (χ1) is 10.5. The molecule has 2 aromatic carbocycles. The summed E-state index contributed by atoms with van der Waals surface area (Å²) >= 11 is 0. The molecule has 3 aromatic rings. The Balaban J connectivity index is 1.96. The lowest BCUT2D eigenvalue weighted by atomic mass is 10.1. The average Bonchev–Trinajstić information content (AvgIpc) is 2.90. The Morgan fingerprint density at radius 1 is 1.23 bits per heavy atom. The van der Waals surface area contributed by atoms with Gasteiger partial charge in [0.15, 0.2) is 5.58 Å². The fourth-order valence-corrected chi connectivity index (χ4v) is 2.33. The highest BCUT2D eigenvalue weighted by Crippen LogP contribution is 2.27. The number of oxazole rings is 1. The molecule has 0 unspecified atom stereocenters. The van der Waals surface area contributed by atoms with E-state index in [2.05, 4.69) is 10.3 Å². The number of fused-ring (bicyclic) bond motifs is 1. The summed E-state index contributed by atoms with van der Waals surface area (Å²) in [4.78, 5) is 15.6. The van der Waals surface area contributed by atoms with Crippen LogP contribution in [0.25, 0.3) is 22.6 Å². The number of amides is 1. The van der Waals surface area contributed by atoms with Crippen molar-refractivity contribution in [3.63, 3.8) is 0 Å². The minimum absolute atomic E-state index is 0.0741. The second-order valence-corrected chi connectivity index (χ2v) is 5.22. The van der Waals surface area contributed by atoms with Crippen LogP contribution in [0, 0.1) is 0 Å². The molecule has 0 saturated heterocycles. The van der Waals surface area contributed by atoms with Gasteiger partial charge in [-0.3, -0.25) is 4.79 Å². The smallest absolute Gasteiger partial charge is 0.227 e. The van der Waals surface area contributed by atoms with Crippen LogP contribution in [-0.2, 0) is 4.79 Å². The van der Waals surface area contributed by atoms with Gasteiger partial charge in [0, 0.05) is 12.5 Å². The monoisotopic (exact) mass is 296 g/mol. The van der Waals surface area contributed by atoms with Crippen LogP contribution in [0.2, 0.25) is 0 Å². The zero-order chi connectivity index (χ0) is 15.7. The number of carbonyl (C=O) groups excluding carboxylic acids is 1. The topological polar surface area (TPSA) is 75.4 Å². The van der Waals surface area contributed by atoms with E-state index in [1.165, 1.54) is 6.92 Å². The predicted octanol–water partition coefficient (Wildman–Crippen LogP) is 3.40. The molecule has 5 nitrogen and oxygen atoms in total. The Kier molecular flexibility index (Phi) is 3.55. The first-order valence-corrected chi connectivity index (χ1v) is 7.00. The molecule has 1 aromatic heterocycles. The summed E-state index contributed by atoms with van der Waals surface area (Å²) in [5.74, 6) is 0.626.